The van der Waals surface area contributed by atoms with Crippen molar-refractivity contribution in [2.45, 2.75) is 64.9 Å². The van der Waals surface area contributed by atoms with Gasteiger partial charge in [0.05, 0.1) is 12.2 Å². The number of carbonyl (C=O) groups excluding carboxylic acids is 1. The summed E-state index contributed by atoms with van der Waals surface area (Å²) in [6.45, 7) is 13.9. The lowest BCUT2D eigenvalue weighted by Gasteiger charge is -2.34. The van der Waals surface area contributed by atoms with Crippen molar-refractivity contribution in [3.63, 3.8) is 0 Å². The first kappa shape index (κ1) is 16.8. The van der Waals surface area contributed by atoms with Gasteiger partial charge in [0, 0.05) is 11.3 Å². The molecular weight excluding hydrogens is 256 g/mol. The highest BCUT2D eigenvalue weighted by molar-refractivity contribution is 7.99. The summed E-state index contributed by atoms with van der Waals surface area (Å²) in [6, 6.07) is -0.00458. The van der Waals surface area contributed by atoms with Crippen LogP contribution < -0.4 is 5.32 Å². The lowest BCUT2D eigenvalue weighted by molar-refractivity contribution is -0.131. The van der Waals surface area contributed by atoms with Crippen LogP contribution in [0.4, 0.5) is 0 Å². The monoisotopic (exact) mass is 286 g/mol. The summed E-state index contributed by atoms with van der Waals surface area (Å²) < 4.78 is 0.106. The van der Waals surface area contributed by atoms with Crippen LogP contribution in [0, 0.1) is 11.8 Å². The van der Waals surface area contributed by atoms with Crippen molar-refractivity contribution in [1.82, 2.24) is 10.2 Å². The van der Waals surface area contributed by atoms with Crippen LogP contribution >= 0.6 is 11.8 Å². The molecular formula is C15H30N2OS. The van der Waals surface area contributed by atoms with Gasteiger partial charge in [0.25, 0.3) is 0 Å². The van der Waals surface area contributed by atoms with Crippen molar-refractivity contribution in [3.8, 4) is 0 Å². The predicted molar refractivity (Wildman–Crippen MR) is 84.3 cm³/mol. The second-order valence-corrected chi connectivity index (χ2v) is 8.16. The molecule has 3 nitrogen and oxygen atoms in total. The van der Waals surface area contributed by atoms with E-state index in [0.29, 0.717) is 11.8 Å². The van der Waals surface area contributed by atoms with E-state index in [1.54, 1.807) is 0 Å². The number of nitrogens with zero attached hydrogens (tertiary/aromatic N) is 1. The Labute approximate surface area is 122 Å². The molecule has 0 saturated carbocycles. The molecule has 19 heavy (non-hydrogen) atoms. The van der Waals surface area contributed by atoms with Crippen LogP contribution in [0.25, 0.3) is 0 Å². The third kappa shape index (κ3) is 3.88. The molecule has 112 valence electrons. The Morgan fingerprint density at radius 1 is 1.37 bits per heavy atom. The Kier molecular flexibility index (Phi) is 5.75. The van der Waals surface area contributed by atoms with Gasteiger partial charge < -0.3 is 4.90 Å². The highest BCUT2D eigenvalue weighted by Crippen LogP contribution is 2.29. The molecule has 1 rings (SSSR count). The largest absolute Gasteiger partial charge is 0.324 e. The highest BCUT2D eigenvalue weighted by atomic mass is 32.2. The Hall–Kier alpha value is -0.220. The van der Waals surface area contributed by atoms with Gasteiger partial charge >= 0.3 is 0 Å². The number of rotatable bonds is 6. The zero-order chi connectivity index (χ0) is 14.8. The van der Waals surface area contributed by atoms with E-state index in [2.05, 4.69) is 58.0 Å². The van der Waals surface area contributed by atoms with E-state index in [1.807, 2.05) is 11.8 Å². The smallest absolute Gasteiger partial charge is 0.241 e. The highest BCUT2D eigenvalue weighted by Gasteiger charge is 2.43. The van der Waals surface area contributed by atoms with Crippen LogP contribution in [0.5, 0.6) is 0 Å². The van der Waals surface area contributed by atoms with Crippen LogP contribution in [0.2, 0.25) is 0 Å². The average Bonchev–Trinajstić information content (AvgIpc) is 2.66. The number of carbonyl (C=O) groups is 1. The number of hydrogen-bond acceptors (Lipinski definition) is 3. The zero-order valence-corrected chi connectivity index (χ0v) is 14.3. The molecule has 0 aromatic carbocycles. The van der Waals surface area contributed by atoms with Crippen molar-refractivity contribution in [2.75, 3.05) is 12.8 Å². The van der Waals surface area contributed by atoms with Crippen molar-refractivity contribution < 1.29 is 4.79 Å². The summed E-state index contributed by atoms with van der Waals surface area (Å²) in [5.41, 5.74) is 0. The molecule has 0 aliphatic carbocycles. The van der Waals surface area contributed by atoms with Crippen LogP contribution in [-0.4, -0.2) is 40.6 Å². The summed E-state index contributed by atoms with van der Waals surface area (Å²) in [5.74, 6) is 1.13. The first-order valence-corrected chi connectivity index (χ1v) is 8.57. The van der Waals surface area contributed by atoms with E-state index < -0.39 is 0 Å². The number of hydrogen-bond donors (Lipinski definition) is 1. The van der Waals surface area contributed by atoms with E-state index >= 15 is 0 Å². The van der Waals surface area contributed by atoms with E-state index in [4.69, 9.17) is 0 Å². The Morgan fingerprint density at radius 2 is 1.95 bits per heavy atom. The van der Waals surface area contributed by atoms with Crippen molar-refractivity contribution in [3.05, 3.63) is 0 Å². The number of amides is 1. The summed E-state index contributed by atoms with van der Waals surface area (Å²) in [7, 11) is 0. The molecule has 0 aromatic rings. The van der Waals surface area contributed by atoms with Gasteiger partial charge in [-0.3, -0.25) is 10.1 Å². The van der Waals surface area contributed by atoms with Crippen molar-refractivity contribution in [2.24, 2.45) is 11.8 Å². The molecule has 0 spiro atoms. The maximum absolute atomic E-state index is 12.7. The van der Waals surface area contributed by atoms with Gasteiger partial charge in [-0.05, 0) is 31.9 Å². The zero-order valence-electron chi connectivity index (χ0n) is 13.5. The minimum Gasteiger partial charge on any atom is -0.324 e. The minimum absolute atomic E-state index is 0.00458. The Balaban J connectivity index is 2.89. The second-order valence-electron chi connectivity index (χ2n) is 6.65. The predicted octanol–water partition coefficient (Wildman–Crippen LogP) is 2.96. The van der Waals surface area contributed by atoms with Crippen LogP contribution in [0.1, 0.15) is 48.0 Å². The molecule has 3 unspecified atom stereocenters. The lowest BCUT2D eigenvalue weighted by Crippen LogP contribution is -2.46. The first-order chi connectivity index (χ1) is 8.73. The third-order valence-corrected chi connectivity index (χ3v) is 5.42. The molecule has 1 aliphatic heterocycles. The van der Waals surface area contributed by atoms with Gasteiger partial charge in [-0.15, -0.1) is 0 Å². The molecule has 0 radical (unpaired) electrons. The van der Waals surface area contributed by atoms with Crippen LogP contribution in [0.3, 0.4) is 0 Å². The normalized spacial score (nSPS) is 26.3. The molecule has 0 bridgehead atoms. The molecule has 1 aliphatic rings. The molecule has 1 saturated heterocycles. The van der Waals surface area contributed by atoms with Gasteiger partial charge in [-0.1, -0.05) is 34.1 Å². The molecule has 0 aromatic heterocycles. The first-order valence-electron chi connectivity index (χ1n) is 7.35. The van der Waals surface area contributed by atoms with E-state index in [9.17, 15) is 4.79 Å². The minimum atomic E-state index is -0.00458. The molecule has 1 heterocycles. The van der Waals surface area contributed by atoms with E-state index in [-0.39, 0.29) is 22.9 Å². The molecule has 3 atom stereocenters. The van der Waals surface area contributed by atoms with Gasteiger partial charge in [0.1, 0.15) is 0 Å². The summed E-state index contributed by atoms with van der Waals surface area (Å²) in [6.07, 6.45) is 3.33. The van der Waals surface area contributed by atoms with Gasteiger partial charge in [-0.2, -0.15) is 11.8 Å². The molecule has 4 heteroatoms. The number of thioether (sulfide) groups is 1. The SMILES string of the molecule is CCC(C)C1NC(C(C)C)N(CC(C)(C)SC)C1=O. The lowest BCUT2D eigenvalue weighted by atomic mass is 9.99. The average molecular weight is 286 g/mol. The van der Waals surface area contributed by atoms with Crippen molar-refractivity contribution in [1.29, 1.82) is 0 Å². The van der Waals surface area contributed by atoms with Gasteiger partial charge in [0.15, 0.2) is 0 Å². The standard InChI is InChI=1S/C15H30N2OS/c1-8-11(4)12-14(18)17(9-15(5,6)19-7)13(16-12)10(2)3/h10-13,16H,8-9H2,1-7H3. The van der Waals surface area contributed by atoms with E-state index in [0.717, 1.165) is 13.0 Å². The molecule has 1 N–H and O–H groups in total. The summed E-state index contributed by atoms with van der Waals surface area (Å²) in [5, 5.41) is 3.55. The molecule has 1 fully saturated rings. The quantitative estimate of drug-likeness (QED) is 0.815. The van der Waals surface area contributed by atoms with Crippen molar-refractivity contribution >= 4 is 17.7 Å². The second kappa shape index (κ2) is 6.49. The fourth-order valence-corrected chi connectivity index (χ4v) is 2.78. The topological polar surface area (TPSA) is 32.3 Å². The molecule has 1 amide bonds. The summed E-state index contributed by atoms with van der Waals surface area (Å²) in [4.78, 5) is 14.7. The van der Waals surface area contributed by atoms with E-state index in [1.165, 1.54) is 0 Å². The maximum Gasteiger partial charge on any atom is 0.241 e. The van der Waals surface area contributed by atoms with Gasteiger partial charge in [-0.25, -0.2) is 0 Å². The van der Waals surface area contributed by atoms with Crippen LogP contribution in [-0.2, 0) is 4.79 Å². The Bertz CT molecular complexity index is 317. The fourth-order valence-electron chi connectivity index (χ4n) is 2.51. The number of nitrogens with one attached hydrogen (secondary N) is 1. The third-order valence-electron chi connectivity index (χ3n) is 4.18. The Morgan fingerprint density at radius 3 is 2.37 bits per heavy atom. The summed E-state index contributed by atoms with van der Waals surface area (Å²) >= 11 is 1.82. The fraction of sp³-hybridized carbons (Fsp3) is 0.933. The maximum atomic E-state index is 12.7. The van der Waals surface area contributed by atoms with Crippen LogP contribution in [0.15, 0.2) is 0 Å². The van der Waals surface area contributed by atoms with Gasteiger partial charge in [0.2, 0.25) is 5.91 Å².